The Morgan fingerprint density at radius 1 is 1.27 bits per heavy atom. The number of H-pyrrole nitrogens is 1. The SMILES string of the molecule is O=C(c1cn[nH]c1-c1ccc(Cl)s1)N1CCC(OCC2CCCC2)CC1. The summed E-state index contributed by atoms with van der Waals surface area (Å²) in [6, 6.07) is 3.75. The van der Waals surface area contributed by atoms with Gasteiger partial charge in [0.2, 0.25) is 0 Å². The molecule has 0 bridgehead atoms. The number of likely N-dealkylation sites (tertiary alicyclic amines) is 1. The first-order valence-electron chi connectivity index (χ1n) is 9.40. The fourth-order valence-corrected chi connectivity index (χ4v) is 4.98. The minimum atomic E-state index is 0.0347. The van der Waals surface area contributed by atoms with E-state index in [9.17, 15) is 4.79 Å². The van der Waals surface area contributed by atoms with Crippen molar-refractivity contribution >= 4 is 28.8 Å². The average Bonchev–Trinajstić information content (AvgIpc) is 3.41. The molecule has 2 aliphatic rings. The maximum atomic E-state index is 12.9. The van der Waals surface area contributed by atoms with Gasteiger partial charge in [0, 0.05) is 19.7 Å². The van der Waals surface area contributed by atoms with Crippen LogP contribution in [-0.2, 0) is 4.74 Å². The van der Waals surface area contributed by atoms with E-state index < -0.39 is 0 Å². The van der Waals surface area contributed by atoms with Crippen molar-refractivity contribution in [3.05, 3.63) is 28.2 Å². The number of amides is 1. The van der Waals surface area contributed by atoms with Crippen molar-refractivity contribution in [2.45, 2.75) is 44.6 Å². The molecule has 140 valence electrons. The van der Waals surface area contributed by atoms with Gasteiger partial charge in [-0.25, -0.2) is 0 Å². The molecule has 0 atom stereocenters. The average molecular weight is 394 g/mol. The normalized spacial score (nSPS) is 19.3. The van der Waals surface area contributed by atoms with Crippen LogP contribution in [0.2, 0.25) is 4.34 Å². The Hall–Kier alpha value is -1.37. The van der Waals surface area contributed by atoms with E-state index in [4.69, 9.17) is 16.3 Å². The maximum Gasteiger partial charge on any atom is 0.257 e. The van der Waals surface area contributed by atoms with Crippen LogP contribution in [0.5, 0.6) is 0 Å². The number of ether oxygens (including phenoxy) is 1. The van der Waals surface area contributed by atoms with Crippen LogP contribution in [-0.4, -0.2) is 46.8 Å². The molecule has 2 aromatic rings. The lowest BCUT2D eigenvalue weighted by Gasteiger charge is -2.32. The van der Waals surface area contributed by atoms with Crippen LogP contribution in [0.3, 0.4) is 0 Å². The molecular weight excluding hydrogens is 370 g/mol. The van der Waals surface area contributed by atoms with Crippen molar-refractivity contribution in [2.75, 3.05) is 19.7 Å². The van der Waals surface area contributed by atoms with Crippen molar-refractivity contribution in [3.63, 3.8) is 0 Å². The molecule has 5 nitrogen and oxygen atoms in total. The van der Waals surface area contributed by atoms with E-state index in [2.05, 4.69) is 10.2 Å². The summed E-state index contributed by atoms with van der Waals surface area (Å²) in [5.41, 5.74) is 1.38. The summed E-state index contributed by atoms with van der Waals surface area (Å²) >= 11 is 7.47. The van der Waals surface area contributed by atoms with Crippen LogP contribution < -0.4 is 0 Å². The van der Waals surface area contributed by atoms with E-state index in [-0.39, 0.29) is 5.91 Å². The highest BCUT2D eigenvalue weighted by Crippen LogP contribution is 2.32. The molecule has 1 aliphatic carbocycles. The fourth-order valence-electron chi connectivity index (χ4n) is 3.93. The first-order chi connectivity index (χ1) is 12.7. The standard InChI is InChI=1S/C19H24ClN3O2S/c20-17-6-5-16(26-17)18-15(11-21-22-18)19(24)23-9-7-14(8-10-23)25-12-13-3-1-2-4-13/h5-6,11,13-14H,1-4,7-10,12H2,(H,21,22). The summed E-state index contributed by atoms with van der Waals surface area (Å²) in [6.07, 6.45) is 9.06. The highest BCUT2D eigenvalue weighted by Gasteiger charge is 2.27. The number of rotatable bonds is 5. The molecule has 1 saturated carbocycles. The minimum Gasteiger partial charge on any atom is -0.378 e. The van der Waals surface area contributed by atoms with Crippen molar-refractivity contribution in [2.24, 2.45) is 5.92 Å². The van der Waals surface area contributed by atoms with Crippen LogP contribution in [0, 0.1) is 5.92 Å². The molecule has 2 aromatic heterocycles. The zero-order chi connectivity index (χ0) is 17.9. The largest absolute Gasteiger partial charge is 0.378 e. The van der Waals surface area contributed by atoms with Crippen LogP contribution in [0.25, 0.3) is 10.6 Å². The molecule has 0 unspecified atom stereocenters. The van der Waals surface area contributed by atoms with Gasteiger partial charge in [-0.05, 0) is 43.7 Å². The summed E-state index contributed by atoms with van der Waals surface area (Å²) in [5, 5.41) is 7.02. The van der Waals surface area contributed by atoms with E-state index in [1.54, 1.807) is 6.20 Å². The second-order valence-corrected chi connectivity index (χ2v) is 8.95. The molecule has 1 amide bonds. The third-order valence-electron chi connectivity index (χ3n) is 5.46. The van der Waals surface area contributed by atoms with Gasteiger partial charge in [0.15, 0.2) is 0 Å². The number of halogens is 1. The van der Waals surface area contributed by atoms with Crippen molar-refractivity contribution in [3.8, 4) is 10.6 Å². The summed E-state index contributed by atoms with van der Waals surface area (Å²) < 4.78 is 6.81. The van der Waals surface area contributed by atoms with E-state index in [1.807, 2.05) is 17.0 Å². The van der Waals surface area contributed by atoms with Crippen LogP contribution in [0.15, 0.2) is 18.3 Å². The fraction of sp³-hybridized carbons (Fsp3) is 0.579. The Bertz CT molecular complexity index is 746. The molecule has 1 saturated heterocycles. The lowest BCUT2D eigenvalue weighted by molar-refractivity contribution is -0.00591. The molecule has 0 aromatic carbocycles. The number of hydrogen-bond acceptors (Lipinski definition) is 4. The highest BCUT2D eigenvalue weighted by atomic mass is 35.5. The molecule has 0 spiro atoms. The van der Waals surface area contributed by atoms with Gasteiger partial charge in [-0.2, -0.15) is 5.10 Å². The van der Waals surface area contributed by atoms with Crippen LogP contribution >= 0.6 is 22.9 Å². The molecular formula is C19H24ClN3O2S. The van der Waals surface area contributed by atoms with Crippen molar-refractivity contribution < 1.29 is 9.53 Å². The molecule has 1 aliphatic heterocycles. The number of carbonyl (C=O) groups is 1. The van der Waals surface area contributed by atoms with Gasteiger partial charge in [0.25, 0.3) is 5.91 Å². The lowest BCUT2D eigenvalue weighted by atomic mass is 10.1. The quantitative estimate of drug-likeness (QED) is 0.807. The summed E-state index contributed by atoms with van der Waals surface area (Å²) in [4.78, 5) is 15.8. The van der Waals surface area contributed by atoms with Gasteiger partial charge >= 0.3 is 0 Å². The molecule has 1 N–H and O–H groups in total. The molecule has 2 fully saturated rings. The maximum absolute atomic E-state index is 12.9. The highest BCUT2D eigenvalue weighted by molar-refractivity contribution is 7.19. The molecule has 3 heterocycles. The number of nitrogens with zero attached hydrogens (tertiary/aromatic N) is 2. The van der Waals surface area contributed by atoms with E-state index in [0.717, 1.165) is 49.0 Å². The number of aromatic nitrogens is 2. The van der Waals surface area contributed by atoms with Gasteiger partial charge < -0.3 is 9.64 Å². The molecule has 7 heteroatoms. The zero-order valence-electron chi connectivity index (χ0n) is 14.7. The lowest BCUT2D eigenvalue weighted by Crippen LogP contribution is -2.41. The Morgan fingerprint density at radius 3 is 2.73 bits per heavy atom. The van der Waals surface area contributed by atoms with Gasteiger partial charge in [0.05, 0.1) is 32.8 Å². The summed E-state index contributed by atoms with van der Waals surface area (Å²) in [7, 11) is 0. The number of thiophene rings is 1. The van der Waals surface area contributed by atoms with Gasteiger partial charge in [-0.3, -0.25) is 9.89 Å². The molecule has 26 heavy (non-hydrogen) atoms. The second kappa shape index (κ2) is 8.11. The third-order valence-corrected chi connectivity index (χ3v) is 6.71. The Balaban J connectivity index is 1.33. The van der Waals surface area contributed by atoms with Crippen molar-refractivity contribution in [1.82, 2.24) is 15.1 Å². The number of piperidine rings is 1. The van der Waals surface area contributed by atoms with E-state index in [0.29, 0.717) is 16.0 Å². The Kier molecular flexibility index (Phi) is 5.62. The van der Waals surface area contributed by atoms with Crippen LogP contribution in [0.4, 0.5) is 0 Å². The summed E-state index contributed by atoms with van der Waals surface area (Å²) in [6.45, 7) is 2.37. The topological polar surface area (TPSA) is 58.2 Å². The first-order valence-corrected chi connectivity index (χ1v) is 10.6. The number of nitrogens with one attached hydrogen (secondary N) is 1. The van der Waals surface area contributed by atoms with Gasteiger partial charge in [0.1, 0.15) is 0 Å². The minimum absolute atomic E-state index is 0.0347. The Morgan fingerprint density at radius 2 is 2.04 bits per heavy atom. The van der Waals surface area contributed by atoms with E-state index >= 15 is 0 Å². The predicted octanol–water partition coefficient (Wildman–Crippen LogP) is 4.60. The number of carbonyl (C=O) groups excluding carboxylic acids is 1. The number of aromatic amines is 1. The third kappa shape index (κ3) is 3.97. The van der Waals surface area contributed by atoms with Crippen LogP contribution in [0.1, 0.15) is 48.9 Å². The second-order valence-electron chi connectivity index (χ2n) is 7.24. The van der Waals surface area contributed by atoms with Gasteiger partial charge in [-0.1, -0.05) is 24.4 Å². The monoisotopic (exact) mass is 393 g/mol. The smallest absolute Gasteiger partial charge is 0.257 e. The van der Waals surface area contributed by atoms with E-state index in [1.165, 1.54) is 37.0 Å². The Labute approximate surface area is 162 Å². The van der Waals surface area contributed by atoms with Gasteiger partial charge in [-0.15, -0.1) is 11.3 Å². The summed E-state index contributed by atoms with van der Waals surface area (Å²) in [5.74, 6) is 0.785. The zero-order valence-corrected chi connectivity index (χ0v) is 16.3. The molecule has 0 radical (unpaired) electrons. The number of hydrogen-bond donors (Lipinski definition) is 1. The van der Waals surface area contributed by atoms with Crippen molar-refractivity contribution in [1.29, 1.82) is 0 Å². The first kappa shape index (κ1) is 18.0. The molecule has 4 rings (SSSR count). The predicted molar refractivity (Wildman–Crippen MR) is 104 cm³/mol.